The van der Waals surface area contributed by atoms with Gasteiger partial charge >= 0.3 is 6.47 Å². The third-order valence-corrected chi connectivity index (χ3v) is 2.25. The van der Waals surface area contributed by atoms with Gasteiger partial charge in [-0.3, -0.25) is 0 Å². The lowest BCUT2D eigenvalue weighted by Gasteiger charge is -2.10. The Kier molecular flexibility index (Phi) is 2.65. The van der Waals surface area contributed by atoms with E-state index in [1.807, 2.05) is 30.3 Å². The topological polar surface area (TPSA) is 46.5 Å². The number of rotatable bonds is 3. The van der Waals surface area contributed by atoms with Crippen LogP contribution in [0.2, 0.25) is 0 Å². The fourth-order valence-electron chi connectivity index (χ4n) is 1.57. The number of carbonyl (C=O) groups excluding carboxylic acids is 1. The van der Waals surface area contributed by atoms with E-state index in [1.54, 1.807) is 12.1 Å². The van der Waals surface area contributed by atoms with Gasteiger partial charge in [0, 0.05) is 5.56 Å². The molecular weight excluding hydrogens is 192 g/mol. The maximum atomic E-state index is 10.0. The molecule has 0 spiro atoms. The summed E-state index contributed by atoms with van der Waals surface area (Å²) in [4.78, 5) is 10.0. The first-order valence-electron chi connectivity index (χ1n) is 4.51. The zero-order valence-corrected chi connectivity index (χ0v) is 7.88. The molecule has 1 unspecified atom stereocenters. The van der Waals surface area contributed by atoms with Crippen molar-refractivity contribution in [3.63, 3.8) is 0 Å². The van der Waals surface area contributed by atoms with Crippen LogP contribution in [0.15, 0.2) is 42.5 Å². The summed E-state index contributed by atoms with van der Waals surface area (Å²) in [6.07, 6.45) is -1.26. The van der Waals surface area contributed by atoms with Crippen molar-refractivity contribution in [3.05, 3.63) is 48.0 Å². The van der Waals surface area contributed by atoms with Crippen LogP contribution in [0.25, 0.3) is 10.8 Å². The second kappa shape index (κ2) is 4.11. The van der Waals surface area contributed by atoms with Gasteiger partial charge in [-0.05, 0) is 10.8 Å². The second-order valence-corrected chi connectivity index (χ2v) is 3.12. The fourth-order valence-corrected chi connectivity index (χ4v) is 1.57. The van der Waals surface area contributed by atoms with Gasteiger partial charge < -0.3 is 9.84 Å². The zero-order chi connectivity index (χ0) is 10.7. The van der Waals surface area contributed by atoms with Gasteiger partial charge in [0.1, 0.15) is 0 Å². The summed E-state index contributed by atoms with van der Waals surface area (Å²) in [7, 11) is 0. The van der Waals surface area contributed by atoms with E-state index in [4.69, 9.17) is 0 Å². The van der Waals surface area contributed by atoms with Crippen LogP contribution in [-0.4, -0.2) is 11.6 Å². The number of hydrogen-bond donors (Lipinski definition) is 1. The van der Waals surface area contributed by atoms with Crippen LogP contribution in [-0.2, 0) is 9.53 Å². The summed E-state index contributed by atoms with van der Waals surface area (Å²) in [6.45, 7) is 1.23. The Morgan fingerprint density at radius 2 is 1.87 bits per heavy atom. The highest BCUT2D eigenvalue weighted by atomic mass is 16.6. The van der Waals surface area contributed by atoms with Gasteiger partial charge in [0.2, 0.25) is 6.29 Å². The average molecular weight is 201 g/mol. The molecule has 15 heavy (non-hydrogen) atoms. The highest BCUT2D eigenvalue weighted by molar-refractivity contribution is 5.85. The molecule has 0 aliphatic carbocycles. The molecule has 0 aliphatic rings. The smallest absolute Gasteiger partial charge is 0.420 e. The molecule has 2 aromatic rings. The van der Waals surface area contributed by atoms with Crippen molar-refractivity contribution < 1.29 is 14.6 Å². The van der Waals surface area contributed by atoms with E-state index in [2.05, 4.69) is 4.74 Å². The van der Waals surface area contributed by atoms with E-state index in [0.29, 0.717) is 5.56 Å². The van der Waals surface area contributed by atoms with Gasteiger partial charge in [-0.1, -0.05) is 42.5 Å². The molecule has 1 atom stereocenters. The summed E-state index contributed by atoms with van der Waals surface area (Å²) in [6, 6.07) is 13.0. The number of fused-ring (bicyclic) bond motifs is 1. The molecule has 1 radical (unpaired) electrons. The molecule has 3 heteroatoms. The van der Waals surface area contributed by atoms with Crippen LogP contribution in [0.4, 0.5) is 0 Å². The normalized spacial score (nSPS) is 12.3. The Hall–Kier alpha value is -1.87. The predicted molar refractivity (Wildman–Crippen MR) is 55.7 cm³/mol. The van der Waals surface area contributed by atoms with Crippen molar-refractivity contribution in [1.29, 1.82) is 0 Å². The third kappa shape index (κ3) is 1.82. The second-order valence-electron chi connectivity index (χ2n) is 3.12. The van der Waals surface area contributed by atoms with Crippen LogP contribution in [0, 0.1) is 0 Å². The molecular formula is C12H9O3. The van der Waals surface area contributed by atoms with Crippen LogP contribution in [0.5, 0.6) is 0 Å². The number of ether oxygens (including phenoxy) is 1. The molecule has 0 saturated carbocycles. The molecule has 0 amide bonds. The van der Waals surface area contributed by atoms with Crippen molar-refractivity contribution in [2.75, 3.05) is 0 Å². The lowest BCUT2D eigenvalue weighted by molar-refractivity contribution is -0.0304. The van der Waals surface area contributed by atoms with E-state index >= 15 is 0 Å². The molecule has 0 fully saturated rings. The zero-order valence-electron chi connectivity index (χ0n) is 7.88. The quantitative estimate of drug-likeness (QED) is 0.771. The van der Waals surface area contributed by atoms with E-state index < -0.39 is 6.29 Å². The van der Waals surface area contributed by atoms with Crippen LogP contribution in [0.1, 0.15) is 11.9 Å². The molecule has 0 saturated heterocycles. The third-order valence-electron chi connectivity index (χ3n) is 2.25. The Bertz CT molecular complexity index is 474. The predicted octanol–water partition coefficient (Wildman–Crippen LogP) is 1.91. The monoisotopic (exact) mass is 201 g/mol. The lowest BCUT2D eigenvalue weighted by Crippen LogP contribution is -2.02. The maximum absolute atomic E-state index is 10.0. The molecule has 2 aromatic carbocycles. The van der Waals surface area contributed by atoms with E-state index in [1.165, 1.54) is 6.47 Å². The van der Waals surface area contributed by atoms with Crippen molar-refractivity contribution in [3.8, 4) is 0 Å². The van der Waals surface area contributed by atoms with Crippen molar-refractivity contribution in [2.45, 2.75) is 6.29 Å². The molecule has 0 heterocycles. The van der Waals surface area contributed by atoms with Crippen molar-refractivity contribution in [2.24, 2.45) is 0 Å². The summed E-state index contributed by atoms with van der Waals surface area (Å²) in [5.74, 6) is 0. The van der Waals surface area contributed by atoms with E-state index in [9.17, 15) is 9.90 Å². The van der Waals surface area contributed by atoms with Gasteiger partial charge in [-0.15, -0.1) is 0 Å². The Balaban J connectivity index is 2.55. The molecule has 75 valence electrons. The summed E-state index contributed by atoms with van der Waals surface area (Å²) in [5, 5.41) is 11.4. The van der Waals surface area contributed by atoms with Crippen molar-refractivity contribution in [1.82, 2.24) is 0 Å². The molecule has 2 rings (SSSR count). The summed E-state index contributed by atoms with van der Waals surface area (Å²) in [5.41, 5.74) is 0.566. The van der Waals surface area contributed by atoms with Gasteiger partial charge in [-0.25, -0.2) is 4.79 Å². The highest BCUT2D eigenvalue weighted by Crippen LogP contribution is 2.24. The minimum Gasteiger partial charge on any atom is -0.423 e. The van der Waals surface area contributed by atoms with E-state index in [-0.39, 0.29) is 0 Å². The Morgan fingerprint density at radius 1 is 1.13 bits per heavy atom. The molecule has 0 aliphatic heterocycles. The average Bonchev–Trinajstić information content (AvgIpc) is 2.28. The minimum absolute atomic E-state index is 0.566. The largest absolute Gasteiger partial charge is 0.423 e. The molecule has 0 bridgehead atoms. The first-order valence-corrected chi connectivity index (χ1v) is 4.51. The first kappa shape index (κ1) is 9.68. The van der Waals surface area contributed by atoms with Crippen LogP contribution in [0.3, 0.4) is 0 Å². The summed E-state index contributed by atoms with van der Waals surface area (Å²) >= 11 is 0. The highest BCUT2D eigenvalue weighted by Gasteiger charge is 2.11. The molecule has 3 nitrogen and oxygen atoms in total. The van der Waals surface area contributed by atoms with Gasteiger partial charge in [-0.2, -0.15) is 0 Å². The molecule has 1 N–H and O–H groups in total. The number of benzene rings is 2. The standard InChI is InChI=1S/C12H9O3/c13-8-15-12(14)11-7-3-5-9-4-1-2-6-10(9)11/h1-7,12,14H. The Labute approximate surface area is 86.9 Å². The number of aliphatic hydroxyl groups excluding tert-OH is 1. The Morgan fingerprint density at radius 3 is 2.67 bits per heavy atom. The van der Waals surface area contributed by atoms with E-state index in [0.717, 1.165) is 10.8 Å². The first-order chi connectivity index (χ1) is 7.33. The van der Waals surface area contributed by atoms with Gasteiger partial charge in [0.05, 0.1) is 0 Å². The lowest BCUT2D eigenvalue weighted by atomic mass is 10.0. The summed E-state index contributed by atoms with van der Waals surface area (Å²) < 4.78 is 4.39. The molecule has 0 aromatic heterocycles. The van der Waals surface area contributed by atoms with Gasteiger partial charge in [0.15, 0.2) is 0 Å². The van der Waals surface area contributed by atoms with Crippen molar-refractivity contribution >= 4 is 17.2 Å². The van der Waals surface area contributed by atoms with Crippen LogP contribution >= 0.6 is 0 Å². The van der Waals surface area contributed by atoms with Crippen LogP contribution < -0.4 is 0 Å². The number of aliphatic hydroxyl groups is 1. The number of hydrogen-bond acceptors (Lipinski definition) is 3. The minimum atomic E-state index is -1.26. The SMILES string of the molecule is O=[C]OC(O)c1cccc2ccccc12. The maximum Gasteiger partial charge on any atom is 0.420 e. The fraction of sp³-hybridized carbons (Fsp3) is 0.0833. The van der Waals surface area contributed by atoms with Gasteiger partial charge in [0.25, 0.3) is 0 Å².